The molecule has 1 heterocycles. The summed E-state index contributed by atoms with van der Waals surface area (Å²) < 4.78 is 1.83. The summed E-state index contributed by atoms with van der Waals surface area (Å²) in [6.07, 6.45) is 2.54. The highest BCUT2D eigenvalue weighted by molar-refractivity contribution is 5.77. The summed E-state index contributed by atoms with van der Waals surface area (Å²) in [4.78, 5) is 11.5. The van der Waals surface area contributed by atoms with Crippen molar-refractivity contribution in [2.24, 2.45) is 0 Å². The van der Waals surface area contributed by atoms with Gasteiger partial charge in [0.1, 0.15) is 0 Å². The second kappa shape index (κ2) is 4.78. The smallest absolute Gasteiger partial charge is 0.312 e. The molecule has 1 aromatic carbocycles. The summed E-state index contributed by atoms with van der Waals surface area (Å²) in [5, 5.41) is 14.1. The molecule has 1 atom stereocenters. The molecule has 1 unspecified atom stereocenters. The molecule has 1 aliphatic rings. The quantitative estimate of drug-likeness (QED) is 0.912. The molecule has 0 bridgehead atoms. The Bertz CT molecular complexity index is 673. The van der Waals surface area contributed by atoms with E-state index in [0.717, 1.165) is 41.0 Å². The first-order valence-corrected chi connectivity index (χ1v) is 6.96. The standard InChI is InChI=1S/C16H18N2O2/c1-10-5-3-6-12(9-10)18-15-13(11(2)17-18)7-4-8-14(15)16(19)20/h3,5-6,9,14H,4,7-8H2,1-2H3,(H,19,20). The van der Waals surface area contributed by atoms with Gasteiger partial charge in [-0.2, -0.15) is 5.10 Å². The highest BCUT2D eigenvalue weighted by Crippen LogP contribution is 2.35. The zero-order chi connectivity index (χ0) is 14.3. The van der Waals surface area contributed by atoms with E-state index in [2.05, 4.69) is 5.10 Å². The minimum atomic E-state index is -0.750. The Morgan fingerprint density at radius 3 is 2.90 bits per heavy atom. The van der Waals surface area contributed by atoms with E-state index in [0.29, 0.717) is 6.42 Å². The monoisotopic (exact) mass is 270 g/mol. The first-order valence-electron chi connectivity index (χ1n) is 6.96. The number of carboxylic acids is 1. The maximum absolute atomic E-state index is 11.5. The number of carbonyl (C=O) groups is 1. The van der Waals surface area contributed by atoms with Crippen LogP contribution in [0.5, 0.6) is 0 Å². The minimum Gasteiger partial charge on any atom is -0.481 e. The number of hydrogen-bond acceptors (Lipinski definition) is 2. The van der Waals surface area contributed by atoms with Gasteiger partial charge in [0.15, 0.2) is 0 Å². The highest BCUT2D eigenvalue weighted by Gasteiger charge is 2.32. The van der Waals surface area contributed by atoms with E-state index >= 15 is 0 Å². The van der Waals surface area contributed by atoms with Crippen molar-refractivity contribution in [2.45, 2.75) is 39.0 Å². The molecular weight excluding hydrogens is 252 g/mol. The maximum atomic E-state index is 11.5. The number of benzene rings is 1. The highest BCUT2D eigenvalue weighted by atomic mass is 16.4. The SMILES string of the molecule is Cc1cccc(-n2nc(C)c3c2C(C(=O)O)CCC3)c1. The van der Waals surface area contributed by atoms with E-state index in [4.69, 9.17) is 0 Å². The molecule has 0 aliphatic heterocycles. The van der Waals surface area contributed by atoms with Crippen LogP contribution in [0, 0.1) is 13.8 Å². The van der Waals surface area contributed by atoms with Crippen LogP contribution in [0.4, 0.5) is 0 Å². The maximum Gasteiger partial charge on any atom is 0.312 e. The van der Waals surface area contributed by atoms with Crippen molar-refractivity contribution in [3.05, 3.63) is 46.8 Å². The van der Waals surface area contributed by atoms with Crippen LogP contribution in [-0.4, -0.2) is 20.9 Å². The number of fused-ring (bicyclic) bond motifs is 1. The van der Waals surface area contributed by atoms with Crippen LogP contribution in [0.1, 0.15) is 41.3 Å². The fraction of sp³-hybridized carbons (Fsp3) is 0.375. The second-order valence-corrected chi connectivity index (χ2v) is 5.48. The van der Waals surface area contributed by atoms with Gasteiger partial charge in [-0.25, -0.2) is 4.68 Å². The molecule has 20 heavy (non-hydrogen) atoms. The summed E-state index contributed by atoms with van der Waals surface area (Å²) >= 11 is 0. The summed E-state index contributed by atoms with van der Waals surface area (Å²) in [7, 11) is 0. The van der Waals surface area contributed by atoms with E-state index < -0.39 is 11.9 Å². The molecule has 1 aliphatic carbocycles. The van der Waals surface area contributed by atoms with Crippen LogP contribution in [0.2, 0.25) is 0 Å². The summed E-state index contributed by atoms with van der Waals surface area (Å²) in [6.45, 7) is 4.00. The number of carboxylic acid groups (broad SMARTS) is 1. The Morgan fingerprint density at radius 1 is 1.40 bits per heavy atom. The molecule has 0 saturated carbocycles. The van der Waals surface area contributed by atoms with Crippen molar-refractivity contribution >= 4 is 5.97 Å². The Morgan fingerprint density at radius 2 is 2.20 bits per heavy atom. The van der Waals surface area contributed by atoms with Crippen molar-refractivity contribution in [2.75, 3.05) is 0 Å². The van der Waals surface area contributed by atoms with E-state index in [9.17, 15) is 9.90 Å². The van der Waals surface area contributed by atoms with Gasteiger partial charge in [0.05, 0.1) is 23.0 Å². The van der Waals surface area contributed by atoms with Gasteiger partial charge in [0, 0.05) is 0 Å². The lowest BCUT2D eigenvalue weighted by Crippen LogP contribution is -2.21. The van der Waals surface area contributed by atoms with Gasteiger partial charge in [-0.05, 0) is 56.4 Å². The molecule has 4 nitrogen and oxygen atoms in total. The third-order valence-electron chi connectivity index (χ3n) is 4.02. The lowest BCUT2D eigenvalue weighted by atomic mass is 9.86. The zero-order valence-electron chi connectivity index (χ0n) is 11.8. The lowest BCUT2D eigenvalue weighted by molar-refractivity contribution is -0.139. The van der Waals surface area contributed by atoms with Crippen LogP contribution in [0.3, 0.4) is 0 Å². The average Bonchev–Trinajstić information content (AvgIpc) is 2.76. The van der Waals surface area contributed by atoms with E-state index in [1.165, 1.54) is 0 Å². The summed E-state index contributed by atoms with van der Waals surface area (Å²) in [5.41, 5.74) is 5.03. The second-order valence-electron chi connectivity index (χ2n) is 5.48. The van der Waals surface area contributed by atoms with Crippen molar-refractivity contribution in [3.63, 3.8) is 0 Å². The number of rotatable bonds is 2. The van der Waals surface area contributed by atoms with Gasteiger partial charge in [-0.3, -0.25) is 4.79 Å². The Kier molecular flexibility index (Phi) is 3.08. The molecule has 0 spiro atoms. The van der Waals surface area contributed by atoms with Crippen LogP contribution in [0.25, 0.3) is 5.69 Å². The zero-order valence-corrected chi connectivity index (χ0v) is 11.8. The van der Waals surface area contributed by atoms with E-state index in [1.54, 1.807) is 0 Å². The Balaban J connectivity index is 2.20. The number of aryl methyl sites for hydroxylation is 2. The van der Waals surface area contributed by atoms with E-state index in [1.807, 2.05) is 42.8 Å². The normalized spacial score (nSPS) is 17.8. The van der Waals surface area contributed by atoms with Gasteiger partial charge in [0.2, 0.25) is 0 Å². The molecule has 0 radical (unpaired) electrons. The molecule has 0 saturated heterocycles. The van der Waals surface area contributed by atoms with E-state index in [-0.39, 0.29) is 0 Å². The summed E-state index contributed by atoms with van der Waals surface area (Å²) in [5.74, 6) is -1.19. The van der Waals surface area contributed by atoms with Gasteiger partial charge < -0.3 is 5.11 Å². The average molecular weight is 270 g/mol. The molecule has 104 valence electrons. The minimum absolute atomic E-state index is 0.444. The molecule has 1 N–H and O–H groups in total. The third-order valence-corrected chi connectivity index (χ3v) is 4.02. The number of hydrogen-bond donors (Lipinski definition) is 1. The predicted octanol–water partition coefficient (Wildman–Crippen LogP) is 2.99. The molecule has 0 amide bonds. The third kappa shape index (κ3) is 2.01. The van der Waals surface area contributed by atoms with Crippen LogP contribution < -0.4 is 0 Å². The Labute approximate surface area is 118 Å². The van der Waals surface area contributed by atoms with Gasteiger partial charge in [-0.1, -0.05) is 12.1 Å². The fourth-order valence-corrected chi connectivity index (χ4v) is 3.06. The molecule has 0 fully saturated rings. The topological polar surface area (TPSA) is 55.1 Å². The first kappa shape index (κ1) is 12.9. The van der Waals surface area contributed by atoms with Crippen molar-refractivity contribution in [1.82, 2.24) is 9.78 Å². The van der Waals surface area contributed by atoms with Gasteiger partial charge >= 0.3 is 5.97 Å². The molecular formula is C16H18N2O2. The fourth-order valence-electron chi connectivity index (χ4n) is 3.06. The van der Waals surface area contributed by atoms with Crippen LogP contribution in [-0.2, 0) is 11.2 Å². The van der Waals surface area contributed by atoms with Gasteiger partial charge in [0.25, 0.3) is 0 Å². The predicted molar refractivity (Wildman–Crippen MR) is 76.4 cm³/mol. The summed E-state index contributed by atoms with van der Waals surface area (Å²) in [6, 6.07) is 8.03. The molecule has 1 aromatic heterocycles. The largest absolute Gasteiger partial charge is 0.481 e. The molecule has 4 heteroatoms. The van der Waals surface area contributed by atoms with Crippen molar-refractivity contribution < 1.29 is 9.90 Å². The number of aliphatic carboxylic acids is 1. The van der Waals surface area contributed by atoms with Crippen molar-refractivity contribution in [3.8, 4) is 5.69 Å². The number of nitrogens with zero attached hydrogens (tertiary/aromatic N) is 2. The van der Waals surface area contributed by atoms with Crippen molar-refractivity contribution in [1.29, 1.82) is 0 Å². The van der Waals surface area contributed by atoms with Crippen LogP contribution in [0.15, 0.2) is 24.3 Å². The lowest BCUT2D eigenvalue weighted by Gasteiger charge is -2.21. The van der Waals surface area contributed by atoms with Gasteiger partial charge in [-0.15, -0.1) is 0 Å². The first-order chi connectivity index (χ1) is 9.58. The molecule has 3 rings (SSSR count). The number of aromatic nitrogens is 2. The van der Waals surface area contributed by atoms with Crippen LogP contribution >= 0.6 is 0 Å². The Hall–Kier alpha value is -2.10. The molecule has 2 aromatic rings.